The number of hydrogen-bond acceptors (Lipinski definition) is 4. The minimum absolute atomic E-state index is 0.942. The molecule has 4 heteroatoms. The van der Waals surface area contributed by atoms with Gasteiger partial charge in [0.15, 0.2) is 0 Å². The minimum Gasteiger partial charge on any atom is -0.388 e. The third-order valence-corrected chi connectivity index (χ3v) is 6.40. The Labute approximate surface area is 213 Å². The lowest BCUT2D eigenvalue weighted by molar-refractivity contribution is 1.32. The Hall–Kier alpha value is -4.57. The lowest BCUT2D eigenvalue weighted by atomic mass is 9.96. The van der Waals surface area contributed by atoms with E-state index < -0.39 is 0 Å². The molecule has 4 aromatic carbocycles. The molecular formula is C32H30N4. The monoisotopic (exact) mass is 470 g/mol. The van der Waals surface area contributed by atoms with Gasteiger partial charge in [0.1, 0.15) is 0 Å². The maximum atomic E-state index is 5.09. The molecule has 178 valence electrons. The van der Waals surface area contributed by atoms with Gasteiger partial charge in [0.05, 0.1) is 11.4 Å². The Morgan fingerprint density at radius 3 is 1.22 bits per heavy atom. The number of anilines is 3. The van der Waals surface area contributed by atoms with Crippen molar-refractivity contribution < 1.29 is 0 Å². The molecule has 0 aliphatic carbocycles. The first-order valence-electron chi connectivity index (χ1n) is 12.1. The predicted molar refractivity (Wildman–Crippen MR) is 155 cm³/mol. The second kappa shape index (κ2) is 10.4. The number of aromatic nitrogens is 1. The molecule has 5 aromatic rings. The minimum atomic E-state index is 0.942. The molecule has 0 saturated heterocycles. The van der Waals surface area contributed by atoms with Crippen LogP contribution >= 0.6 is 0 Å². The van der Waals surface area contributed by atoms with E-state index in [0.29, 0.717) is 0 Å². The molecule has 0 unspecified atom stereocenters. The molecule has 36 heavy (non-hydrogen) atoms. The van der Waals surface area contributed by atoms with Crippen LogP contribution in [-0.2, 0) is 0 Å². The van der Waals surface area contributed by atoms with Crippen LogP contribution in [0, 0.1) is 0 Å². The summed E-state index contributed by atoms with van der Waals surface area (Å²) in [6.07, 6.45) is 0. The van der Waals surface area contributed by atoms with Crippen LogP contribution in [0.15, 0.2) is 109 Å². The van der Waals surface area contributed by atoms with Crippen LogP contribution in [0.1, 0.15) is 0 Å². The van der Waals surface area contributed by atoms with Crippen molar-refractivity contribution in [3.05, 3.63) is 109 Å². The van der Waals surface area contributed by atoms with Crippen molar-refractivity contribution in [3.8, 4) is 44.8 Å². The molecule has 0 aliphatic heterocycles. The predicted octanol–water partition coefficient (Wildman–Crippen LogP) is 7.87. The lowest BCUT2D eigenvalue weighted by Gasteiger charge is -2.13. The molecule has 0 atom stereocenters. The van der Waals surface area contributed by atoms with Crippen molar-refractivity contribution in [3.63, 3.8) is 0 Å². The molecule has 0 amide bonds. The second-order valence-corrected chi connectivity index (χ2v) is 8.70. The van der Waals surface area contributed by atoms with Gasteiger partial charge in [-0.15, -0.1) is 0 Å². The summed E-state index contributed by atoms with van der Waals surface area (Å²) < 4.78 is 0. The van der Waals surface area contributed by atoms with E-state index in [9.17, 15) is 0 Å². The first-order chi connectivity index (χ1) is 17.7. The van der Waals surface area contributed by atoms with E-state index in [4.69, 9.17) is 4.98 Å². The highest BCUT2D eigenvalue weighted by atomic mass is 14.8. The van der Waals surface area contributed by atoms with Gasteiger partial charge in [-0.3, -0.25) is 0 Å². The Kier molecular flexibility index (Phi) is 6.67. The van der Waals surface area contributed by atoms with Crippen molar-refractivity contribution in [1.29, 1.82) is 0 Å². The summed E-state index contributed by atoms with van der Waals surface area (Å²) >= 11 is 0. The third kappa shape index (κ3) is 4.93. The molecule has 0 bridgehead atoms. The molecule has 1 heterocycles. The van der Waals surface area contributed by atoms with Gasteiger partial charge in [0, 0.05) is 49.3 Å². The van der Waals surface area contributed by atoms with Gasteiger partial charge in [-0.2, -0.15) is 0 Å². The summed E-state index contributed by atoms with van der Waals surface area (Å²) in [6.45, 7) is 0. The highest BCUT2D eigenvalue weighted by molar-refractivity contribution is 5.81. The molecule has 0 spiro atoms. The zero-order valence-electron chi connectivity index (χ0n) is 20.8. The molecule has 0 aliphatic rings. The van der Waals surface area contributed by atoms with Crippen LogP contribution in [0.25, 0.3) is 44.8 Å². The zero-order valence-corrected chi connectivity index (χ0v) is 20.8. The number of pyridine rings is 1. The summed E-state index contributed by atoms with van der Waals surface area (Å²) in [5.74, 6) is 0. The van der Waals surface area contributed by atoms with Gasteiger partial charge in [-0.1, -0.05) is 54.6 Å². The molecule has 0 saturated carbocycles. The van der Waals surface area contributed by atoms with Gasteiger partial charge in [0.2, 0.25) is 0 Å². The normalized spacial score (nSPS) is 10.6. The van der Waals surface area contributed by atoms with Crippen LogP contribution in [0.3, 0.4) is 0 Å². The van der Waals surface area contributed by atoms with E-state index in [1.54, 1.807) is 0 Å². The largest absolute Gasteiger partial charge is 0.388 e. The number of benzene rings is 4. The standard InChI is InChI=1S/C32H30N4/c1-33-28-13-5-10-24(17-28)22-8-4-9-23(16-22)27-20-31(25-11-6-14-29(18-25)34-2)36-32(21-27)26-12-7-15-30(19-26)35-3/h4-21,33-35H,1-3H3. The van der Waals surface area contributed by atoms with Gasteiger partial charge >= 0.3 is 0 Å². The van der Waals surface area contributed by atoms with E-state index in [1.165, 1.54) is 11.1 Å². The van der Waals surface area contributed by atoms with Crippen LogP contribution in [0.2, 0.25) is 0 Å². The molecule has 3 N–H and O–H groups in total. The average Bonchev–Trinajstić information content (AvgIpc) is 2.97. The highest BCUT2D eigenvalue weighted by Gasteiger charge is 2.11. The van der Waals surface area contributed by atoms with Crippen LogP contribution in [0.4, 0.5) is 17.1 Å². The van der Waals surface area contributed by atoms with Gasteiger partial charge in [0.25, 0.3) is 0 Å². The first kappa shape index (κ1) is 23.2. The van der Waals surface area contributed by atoms with Crippen LogP contribution < -0.4 is 16.0 Å². The summed E-state index contributed by atoms with van der Waals surface area (Å²) in [4.78, 5) is 5.09. The quantitative estimate of drug-likeness (QED) is 0.226. The second-order valence-electron chi connectivity index (χ2n) is 8.70. The Bertz CT molecular complexity index is 1440. The molecule has 1 aromatic heterocycles. The topological polar surface area (TPSA) is 49.0 Å². The van der Waals surface area contributed by atoms with Crippen LogP contribution in [-0.4, -0.2) is 26.1 Å². The van der Waals surface area contributed by atoms with Crippen molar-refractivity contribution >= 4 is 17.1 Å². The number of nitrogens with one attached hydrogen (secondary N) is 3. The Morgan fingerprint density at radius 2 is 0.750 bits per heavy atom. The molecule has 0 radical (unpaired) electrons. The van der Waals surface area contributed by atoms with E-state index >= 15 is 0 Å². The van der Waals surface area contributed by atoms with Gasteiger partial charge < -0.3 is 16.0 Å². The van der Waals surface area contributed by atoms with E-state index in [0.717, 1.165) is 50.7 Å². The van der Waals surface area contributed by atoms with Crippen molar-refractivity contribution in [2.45, 2.75) is 0 Å². The van der Waals surface area contributed by atoms with Crippen LogP contribution in [0.5, 0.6) is 0 Å². The third-order valence-electron chi connectivity index (χ3n) is 6.40. The Morgan fingerprint density at radius 1 is 0.389 bits per heavy atom. The highest BCUT2D eigenvalue weighted by Crippen LogP contribution is 2.34. The SMILES string of the molecule is CNc1cccc(-c2cccc(-c3cc(-c4cccc(NC)c4)nc(-c4cccc(NC)c4)c3)c2)c1. The first-order valence-corrected chi connectivity index (χ1v) is 12.1. The number of hydrogen-bond donors (Lipinski definition) is 3. The fraction of sp³-hybridized carbons (Fsp3) is 0.0938. The van der Waals surface area contributed by atoms with Crippen molar-refractivity contribution in [2.24, 2.45) is 0 Å². The number of nitrogens with zero attached hydrogens (tertiary/aromatic N) is 1. The van der Waals surface area contributed by atoms with Gasteiger partial charge in [-0.25, -0.2) is 4.98 Å². The smallest absolute Gasteiger partial charge is 0.0716 e. The van der Waals surface area contributed by atoms with E-state index in [2.05, 4.69) is 125 Å². The van der Waals surface area contributed by atoms with Crippen molar-refractivity contribution in [2.75, 3.05) is 37.1 Å². The fourth-order valence-electron chi connectivity index (χ4n) is 4.39. The maximum absolute atomic E-state index is 5.09. The fourth-order valence-corrected chi connectivity index (χ4v) is 4.39. The van der Waals surface area contributed by atoms with Crippen molar-refractivity contribution in [1.82, 2.24) is 4.98 Å². The average molecular weight is 471 g/mol. The summed E-state index contributed by atoms with van der Waals surface area (Å²) in [5, 5.41) is 9.71. The molecular weight excluding hydrogens is 440 g/mol. The Balaban J connectivity index is 1.66. The molecule has 4 nitrogen and oxygen atoms in total. The van der Waals surface area contributed by atoms with E-state index in [-0.39, 0.29) is 0 Å². The molecule has 0 fully saturated rings. The summed E-state index contributed by atoms with van der Waals surface area (Å²) in [7, 11) is 5.82. The lowest BCUT2D eigenvalue weighted by Crippen LogP contribution is -1.94. The zero-order chi connectivity index (χ0) is 24.9. The molecule has 5 rings (SSSR count). The van der Waals surface area contributed by atoms with Gasteiger partial charge in [-0.05, 0) is 76.9 Å². The summed E-state index contributed by atoms with van der Waals surface area (Å²) in [5.41, 5.74) is 11.9. The number of rotatable bonds is 7. The van der Waals surface area contributed by atoms with E-state index in [1.807, 2.05) is 21.1 Å². The summed E-state index contributed by atoms with van der Waals surface area (Å²) in [6, 6.07) is 38.3. The maximum Gasteiger partial charge on any atom is 0.0716 e.